The van der Waals surface area contributed by atoms with Gasteiger partial charge in [-0.2, -0.15) is 0 Å². The molecule has 0 radical (unpaired) electrons. The minimum Gasteiger partial charge on any atom is -0.383 e. The molecule has 3 rings (SSSR count). The number of carbonyl (C=O) groups excluding carboxylic acids is 1. The summed E-state index contributed by atoms with van der Waals surface area (Å²) < 4.78 is 0. The van der Waals surface area contributed by atoms with Gasteiger partial charge in [-0.15, -0.1) is 0 Å². The van der Waals surface area contributed by atoms with E-state index in [0.29, 0.717) is 16.5 Å². The van der Waals surface area contributed by atoms with Crippen LogP contribution in [0.1, 0.15) is 43.7 Å². The Morgan fingerprint density at radius 1 is 1.30 bits per heavy atom. The minimum atomic E-state index is -0.0317. The average molecular weight is 452 g/mol. The number of nitrogens with one attached hydrogen (secondary N) is 2. The first-order valence-corrected chi connectivity index (χ1v) is 10.8. The van der Waals surface area contributed by atoms with Crippen LogP contribution in [0.2, 0.25) is 5.02 Å². The van der Waals surface area contributed by atoms with Crippen molar-refractivity contribution in [3.63, 3.8) is 0 Å². The largest absolute Gasteiger partial charge is 0.383 e. The topological polar surface area (TPSA) is 41.1 Å². The van der Waals surface area contributed by atoms with Gasteiger partial charge in [-0.1, -0.05) is 54.0 Å². The SMILES string of the molecule is C=C1C(C=O)=Cc2cc(Cl)ccc2C(C2CCNCC2)C1N/C=C/Br.CC. The van der Waals surface area contributed by atoms with E-state index in [9.17, 15) is 4.79 Å². The van der Waals surface area contributed by atoms with Crippen molar-refractivity contribution >= 4 is 39.9 Å². The molecule has 2 aliphatic rings. The van der Waals surface area contributed by atoms with Crippen molar-refractivity contribution in [2.24, 2.45) is 5.92 Å². The maximum atomic E-state index is 11.7. The molecular formula is C22H28BrClN2O. The van der Waals surface area contributed by atoms with Crippen molar-refractivity contribution in [2.75, 3.05) is 13.1 Å². The Labute approximate surface area is 176 Å². The standard InChI is InChI=1S/C20H22BrClN2O.C2H6/c1-13-16(12-25)10-15-11-17(22)2-3-18(15)19(20(13)24-9-6-21)14-4-7-23-8-5-14;1-2/h2-3,6,9-12,14,19-20,23-24H,1,4-5,7-8H2;1-2H3/b9-6+;. The Balaban J connectivity index is 0.00000126. The molecule has 3 nitrogen and oxygen atoms in total. The van der Waals surface area contributed by atoms with E-state index < -0.39 is 0 Å². The van der Waals surface area contributed by atoms with Gasteiger partial charge in [0.1, 0.15) is 6.29 Å². The minimum absolute atomic E-state index is 0.0317. The van der Waals surface area contributed by atoms with E-state index in [4.69, 9.17) is 11.6 Å². The zero-order valence-corrected chi connectivity index (χ0v) is 18.3. The smallest absolute Gasteiger partial charge is 0.150 e. The summed E-state index contributed by atoms with van der Waals surface area (Å²) in [5.41, 5.74) is 3.71. The fourth-order valence-corrected chi connectivity index (χ4v) is 4.33. The number of benzene rings is 1. The van der Waals surface area contributed by atoms with Crippen molar-refractivity contribution in [1.29, 1.82) is 0 Å². The molecule has 146 valence electrons. The van der Waals surface area contributed by atoms with Gasteiger partial charge in [0.25, 0.3) is 0 Å². The summed E-state index contributed by atoms with van der Waals surface area (Å²) in [7, 11) is 0. The normalized spacial score (nSPS) is 23.0. The number of halogens is 2. The van der Waals surface area contributed by atoms with Gasteiger partial charge in [0.2, 0.25) is 0 Å². The van der Waals surface area contributed by atoms with Gasteiger partial charge < -0.3 is 10.6 Å². The highest BCUT2D eigenvalue weighted by molar-refractivity contribution is 9.11. The summed E-state index contributed by atoms with van der Waals surface area (Å²) in [5.74, 6) is 0.748. The van der Waals surface area contributed by atoms with E-state index in [-0.39, 0.29) is 12.0 Å². The van der Waals surface area contributed by atoms with Crippen LogP contribution in [0.15, 0.2) is 47.1 Å². The third-order valence-corrected chi connectivity index (χ3v) is 5.68. The summed E-state index contributed by atoms with van der Waals surface area (Å²) in [5, 5.41) is 7.57. The Morgan fingerprint density at radius 3 is 2.63 bits per heavy atom. The number of hydrogen-bond donors (Lipinski definition) is 2. The lowest BCUT2D eigenvalue weighted by Crippen LogP contribution is -2.41. The number of hydrogen-bond acceptors (Lipinski definition) is 3. The molecule has 2 atom stereocenters. The van der Waals surface area contributed by atoms with Gasteiger partial charge in [0.15, 0.2) is 0 Å². The lowest BCUT2D eigenvalue weighted by atomic mass is 9.73. The maximum Gasteiger partial charge on any atom is 0.150 e. The predicted octanol–water partition coefficient (Wildman–Crippen LogP) is 5.43. The Bertz CT molecular complexity index is 723. The predicted molar refractivity (Wildman–Crippen MR) is 119 cm³/mol. The highest BCUT2D eigenvalue weighted by Gasteiger charge is 2.36. The monoisotopic (exact) mass is 450 g/mol. The van der Waals surface area contributed by atoms with Crippen molar-refractivity contribution in [3.05, 3.63) is 63.3 Å². The Kier molecular flexibility index (Phi) is 8.81. The second-order valence-electron chi connectivity index (χ2n) is 6.57. The van der Waals surface area contributed by atoms with Crippen LogP contribution < -0.4 is 10.6 Å². The van der Waals surface area contributed by atoms with E-state index in [1.165, 1.54) is 5.56 Å². The van der Waals surface area contributed by atoms with Crippen molar-refractivity contribution in [1.82, 2.24) is 10.6 Å². The fraction of sp³-hybridized carbons (Fsp3) is 0.409. The molecule has 1 aromatic carbocycles. The highest BCUT2D eigenvalue weighted by Crippen LogP contribution is 2.42. The number of fused-ring (bicyclic) bond motifs is 1. The van der Waals surface area contributed by atoms with Crippen LogP contribution in [0, 0.1) is 5.92 Å². The zero-order valence-electron chi connectivity index (χ0n) is 16.0. The summed E-state index contributed by atoms with van der Waals surface area (Å²) in [6, 6.07) is 5.96. The maximum absolute atomic E-state index is 11.7. The fourth-order valence-electron chi connectivity index (χ4n) is 3.99. The number of carbonyl (C=O) groups is 1. The van der Waals surface area contributed by atoms with Gasteiger partial charge in [0, 0.05) is 22.7 Å². The molecule has 1 aliphatic heterocycles. The van der Waals surface area contributed by atoms with E-state index >= 15 is 0 Å². The van der Waals surface area contributed by atoms with Crippen LogP contribution in [-0.2, 0) is 4.79 Å². The molecule has 1 saturated heterocycles. The van der Waals surface area contributed by atoms with Gasteiger partial charge in [-0.3, -0.25) is 4.79 Å². The second-order valence-corrected chi connectivity index (χ2v) is 7.53. The van der Waals surface area contributed by atoms with Crippen molar-refractivity contribution in [3.8, 4) is 0 Å². The molecule has 0 spiro atoms. The van der Waals surface area contributed by atoms with Crippen LogP contribution >= 0.6 is 27.5 Å². The van der Waals surface area contributed by atoms with Crippen LogP contribution in [0.3, 0.4) is 0 Å². The first-order chi connectivity index (χ1) is 13.2. The lowest BCUT2D eigenvalue weighted by molar-refractivity contribution is -0.104. The van der Waals surface area contributed by atoms with Crippen LogP contribution in [0.5, 0.6) is 0 Å². The third-order valence-electron chi connectivity index (χ3n) is 5.18. The third kappa shape index (κ3) is 5.13. The van der Waals surface area contributed by atoms with Crippen LogP contribution in [-0.4, -0.2) is 25.4 Å². The lowest BCUT2D eigenvalue weighted by Gasteiger charge is -2.37. The molecule has 1 fully saturated rings. The van der Waals surface area contributed by atoms with Crippen molar-refractivity contribution in [2.45, 2.75) is 38.6 Å². The molecule has 0 aromatic heterocycles. The number of piperidine rings is 1. The molecule has 1 aliphatic carbocycles. The van der Waals surface area contributed by atoms with E-state index in [1.807, 2.05) is 38.3 Å². The van der Waals surface area contributed by atoms with Gasteiger partial charge in [-0.05, 0) is 71.7 Å². The molecular weight excluding hydrogens is 424 g/mol. The molecule has 5 heteroatoms. The Hall–Kier alpha value is -1.36. The van der Waals surface area contributed by atoms with Crippen LogP contribution in [0.4, 0.5) is 0 Å². The van der Waals surface area contributed by atoms with Gasteiger partial charge in [0.05, 0.1) is 6.04 Å². The quantitative estimate of drug-likeness (QED) is 0.600. The number of rotatable bonds is 4. The molecule has 1 heterocycles. The summed E-state index contributed by atoms with van der Waals surface area (Å²) in [4.78, 5) is 13.5. The summed E-state index contributed by atoms with van der Waals surface area (Å²) >= 11 is 9.55. The highest BCUT2D eigenvalue weighted by atomic mass is 79.9. The zero-order chi connectivity index (χ0) is 19.8. The molecule has 2 unspecified atom stereocenters. The molecule has 0 amide bonds. The van der Waals surface area contributed by atoms with E-state index in [2.05, 4.69) is 39.2 Å². The van der Waals surface area contributed by atoms with Gasteiger partial charge in [-0.25, -0.2) is 0 Å². The summed E-state index contributed by atoms with van der Waals surface area (Å²) in [6.07, 6.45) is 6.89. The Morgan fingerprint density at radius 2 is 2.00 bits per heavy atom. The van der Waals surface area contributed by atoms with E-state index in [1.54, 1.807) is 4.99 Å². The van der Waals surface area contributed by atoms with Crippen LogP contribution in [0.25, 0.3) is 6.08 Å². The first-order valence-electron chi connectivity index (χ1n) is 9.53. The second kappa shape index (κ2) is 10.8. The first kappa shape index (κ1) is 21.9. The van der Waals surface area contributed by atoms with Gasteiger partial charge >= 0.3 is 0 Å². The molecule has 0 saturated carbocycles. The van der Waals surface area contributed by atoms with E-state index in [0.717, 1.165) is 43.4 Å². The molecule has 27 heavy (non-hydrogen) atoms. The molecule has 0 bridgehead atoms. The number of aldehydes is 1. The average Bonchev–Trinajstić information content (AvgIpc) is 2.82. The molecule has 1 aromatic rings. The molecule has 2 N–H and O–H groups in total. The summed E-state index contributed by atoms with van der Waals surface area (Å²) in [6.45, 7) is 10.3. The van der Waals surface area contributed by atoms with Crippen molar-refractivity contribution < 1.29 is 4.79 Å².